The highest BCUT2D eigenvalue weighted by Crippen LogP contribution is 2.06. The van der Waals surface area contributed by atoms with Crippen molar-refractivity contribution in [1.82, 2.24) is 4.90 Å². The van der Waals surface area contributed by atoms with E-state index in [1.165, 1.54) is 0 Å². The number of hydrogen-bond acceptors (Lipinski definition) is 4. The third kappa shape index (κ3) is 4.97. The molecule has 0 radical (unpaired) electrons. The van der Waals surface area contributed by atoms with Crippen molar-refractivity contribution in [3.8, 4) is 0 Å². The van der Waals surface area contributed by atoms with Gasteiger partial charge in [-0.2, -0.15) is 0 Å². The first-order valence-corrected chi connectivity index (χ1v) is 4.36. The third-order valence-corrected chi connectivity index (χ3v) is 1.68. The quantitative estimate of drug-likeness (QED) is 0.372. The maximum Gasteiger partial charge on any atom is 0.338 e. The number of amides is 1. The van der Waals surface area contributed by atoms with Gasteiger partial charge in [-0.1, -0.05) is 13.2 Å². The molecule has 5 nitrogen and oxygen atoms in total. The van der Waals surface area contributed by atoms with Crippen LogP contribution < -0.4 is 5.73 Å². The van der Waals surface area contributed by atoms with Crippen LogP contribution in [0.15, 0.2) is 24.3 Å². The Hall–Kier alpha value is -1.62. The van der Waals surface area contributed by atoms with E-state index in [1.807, 2.05) is 19.0 Å². The van der Waals surface area contributed by atoms with E-state index in [2.05, 4.69) is 13.2 Å². The Morgan fingerprint density at radius 2 is 1.80 bits per heavy atom. The third-order valence-electron chi connectivity index (χ3n) is 1.68. The van der Waals surface area contributed by atoms with Crippen LogP contribution in [0, 0.1) is 0 Å². The van der Waals surface area contributed by atoms with E-state index < -0.39 is 11.9 Å². The first kappa shape index (κ1) is 13.4. The van der Waals surface area contributed by atoms with Crippen molar-refractivity contribution in [1.29, 1.82) is 0 Å². The maximum atomic E-state index is 11.3. The van der Waals surface area contributed by atoms with Crippen LogP contribution in [0.4, 0.5) is 0 Å². The molecule has 0 aromatic carbocycles. The Morgan fingerprint density at radius 3 is 2.20 bits per heavy atom. The van der Waals surface area contributed by atoms with Gasteiger partial charge in [0.05, 0.1) is 5.57 Å². The summed E-state index contributed by atoms with van der Waals surface area (Å²) in [6.45, 7) is 7.55. The molecule has 0 spiro atoms. The monoisotopic (exact) mass is 212 g/mol. The molecule has 0 aliphatic carbocycles. The summed E-state index contributed by atoms with van der Waals surface area (Å²) in [5.74, 6) is -1.44. The van der Waals surface area contributed by atoms with Gasteiger partial charge in [0.2, 0.25) is 5.91 Å². The summed E-state index contributed by atoms with van der Waals surface area (Å²) in [6, 6.07) is 0. The molecular weight excluding hydrogens is 196 g/mol. The lowest BCUT2D eigenvalue weighted by Gasteiger charge is -2.10. The molecule has 0 atom stereocenters. The highest BCUT2D eigenvalue weighted by atomic mass is 16.5. The van der Waals surface area contributed by atoms with Gasteiger partial charge in [0, 0.05) is 12.1 Å². The minimum atomic E-state index is -0.774. The average Bonchev–Trinajstić information content (AvgIpc) is 2.14. The number of ether oxygens (including phenoxy) is 1. The number of rotatable bonds is 6. The van der Waals surface area contributed by atoms with Gasteiger partial charge in [0.1, 0.15) is 6.61 Å². The fourth-order valence-electron chi connectivity index (χ4n) is 0.680. The van der Waals surface area contributed by atoms with Gasteiger partial charge >= 0.3 is 5.97 Å². The zero-order valence-corrected chi connectivity index (χ0v) is 9.08. The van der Waals surface area contributed by atoms with Gasteiger partial charge in [-0.05, 0) is 14.1 Å². The zero-order chi connectivity index (χ0) is 12.0. The minimum Gasteiger partial charge on any atom is -0.461 e. The van der Waals surface area contributed by atoms with E-state index in [1.54, 1.807) is 0 Å². The lowest BCUT2D eigenvalue weighted by Crippen LogP contribution is -2.23. The molecule has 1 amide bonds. The summed E-state index contributed by atoms with van der Waals surface area (Å²) >= 11 is 0. The molecule has 0 aromatic heterocycles. The summed E-state index contributed by atoms with van der Waals surface area (Å²) < 4.78 is 4.84. The minimum absolute atomic E-state index is 0.0961. The van der Waals surface area contributed by atoms with Gasteiger partial charge in [-0.3, -0.25) is 4.79 Å². The molecule has 0 aliphatic rings. The Kier molecular flexibility index (Phi) is 5.33. The molecule has 0 heterocycles. The predicted octanol–water partition coefficient (Wildman–Crippen LogP) is -0.311. The van der Waals surface area contributed by atoms with Crippen LogP contribution in [-0.2, 0) is 14.3 Å². The fourth-order valence-corrected chi connectivity index (χ4v) is 0.680. The van der Waals surface area contributed by atoms with Crippen LogP contribution in [0.3, 0.4) is 0 Å². The number of hydrogen-bond donors (Lipinski definition) is 1. The zero-order valence-electron chi connectivity index (χ0n) is 9.08. The van der Waals surface area contributed by atoms with E-state index in [4.69, 9.17) is 10.5 Å². The summed E-state index contributed by atoms with van der Waals surface area (Å²) in [5, 5.41) is 0. The first-order chi connectivity index (χ1) is 6.86. The van der Waals surface area contributed by atoms with Crippen molar-refractivity contribution in [3.63, 3.8) is 0 Å². The van der Waals surface area contributed by atoms with Crippen LogP contribution in [-0.4, -0.2) is 44.0 Å². The van der Waals surface area contributed by atoms with Gasteiger partial charge < -0.3 is 15.4 Å². The highest BCUT2D eigenvalue weighted by Gasteiger charge is 2.15. The normalized spacial score (nSPS) is 9.80. The Balaban J connectivity index is 4.06. The second-order valence-electron chi connectivity index (χ2n) is 3.26. The van der Waals surface area contributed by atoms with Crippen molar-refractivity contribution in [3.05, 3.63) is 24.3 Å². The lowest BCUT2D eigenvalue weighted by atomic mass is 10.1. The van der Waals surface area contributed by atoms with Crippen molar-refractivity contribution in [2.45, 2.75) is 0 Å². The second kappa shape index (κ2) is 5.98. The Morgan fingerprint density at radius 1 is 1.27 bits per heavy atom. The van der Waals surface area contributed by atoms with Crippen molar-refractivity contribution in [2.24, 2.45) is 5.73 Å². The molecule has 5 heteroatoms. The van der Waals surface area contributed by atoms with Crippen molar-refractivity contribution < 1.29 is 14.3 Å². The summed E-state index contributed by atoms with van der Waals surface area (Å²) in [4.78, 5) is 23.8. The SMILES string of the molecule is C=C(C(=C)C(=O)OCCN(C)C)C(N)=O. The van der Waals surface area contributed by atoms with E-state index in [-0.39, 0.29) is 17.8 Å². The van der Waals surface area contributed by atoms with E-state index >= 15 is 0 Å². The van der Waals surface area contributed by atoms with Crippen LogP contribution in [0.2, 0.25) is 0 Å². The molecule has 0 aliphatic heterocycles. The Labute approximate surface area is 89.2 Å². The smallest absolute Gasteiger partial charge is 0.338 e. The second-order valence-corrected chi connectivity index (χ2v) is 3.26. The molecule has 0 rings (SSSR count). The van der Waals surface area contributed by atoms with Crippen LogP contribution in [0.5, 0.6) is 0 Å². The molecule has 0 fully saturated rings. The number of esters is 1. The number of carbonyl (C=O) groups is 2. The Bertz CT molecular complexity index is 295. The van der Waals surface area contributed by atoms with E-state index in [0.717, 1.165) is 0 Å². The van der Waals surface area contributed by atoms with Gasteiger partial charge in [-0.25, -0.2) is 4.79 Å². The van der Waals surface area contributed by atoms with Crippen molar-refractivity contribution in [2.75, 3.05) is 27.2 Å². The number of nitrogens with zero attached hydrogens (tertiary/aromatic N) is 1. The van der Waals surface area contributed by atoms with Crippen LogP contribution in [0.25, 0.3) is 0 Å². The molecule has 2 N–H and O–H groups in total. The van der Waals surface area contributed by atoms with Crippen LogP contribution >= 0.6 is 0 Å². The topological polar surface area (TPSA) is 72.6 Å². The fraction of sp³-hybridized carbons (Fsp3) is 0.400. The number of likely N-dealkylation sites (N-methyl/N-ethyl adjacent to an activating group) is 1. The largest absolute Gasteiger partial charge is 0.461 e. The molecule has 84 valence electrons. The first-order valence-electron chi connectivity index (χ1n) is 4.36. The predicted molar refractivity (Wildman–Crippen MR) is 57.0 cm³/mol. The highest BCUT2D eigenvalue weighted by molar-refractivity contribution is 6.07. The molecule has 0 saturated heterocycles. The van der Waals surface area contributed by atoms with Gasteiger partial charge in [-0.15, -0.1) is 0 Å². The molecule has 0 unspecified atom stereocenters. The van der Waals surface area contributed by atoms with E-state index in [9.17, 15) is 9.59 Å². The molecule has 0 bridgehead atoms. The summed E-state index contributed by atoms with van der Waals surface area (Å²) in [6.07, 6.45) is 0. The lowest BCUT2D eigenvalue weighted by molar-refractivity contribution is -0.139. The average molecular weight is 212 g/mol. The summed E-state index contributed by atoms with van der Waals surface area (Å²) in [5.41, 5.74) is 4.72. The van der Waals surface area contributed by atoms with Crippen molar-refractivity contribution >= 4 is 11.9 Å². The molecule has 0 aromatic rings. The van der Waals surface area contributed by atoms with Gasteiger partial charge in [0.25, 0.3) is 0 Å². The number of nitrogens with two attached hydrogens (primary N) is 1. The standard InChI is InChI=1S/C10H16N2O3/c1-7(9(11)13)8(2)10(14)15-6-5-12(3)4/h1-2,5-6H2,3-4H3,(H2,11,13). The number of primary amides is 1. The van der Waals surface area contributed by atoms with E-state index in [0.29, 0.717) is 6.54 Å². The number of carbonyl (C=O) groups excluding carboxylic acids is 2. The molecular formula is C10H16N2O3. The summed E-state index contributed by atoms with van der Waals surface area (Å²) in [7, 11) is 3.70. The molecule has 0 saturated carbocycles. The van der Waals surface area contributed by atoms with Gasteiger partial charge in [0.15, 0.2) is 0 Å². The maximum absolute atomic E-state index is 11.3. The van der Waals surface area contributed by atoms with Crippen LogP contribution in [0.1, 0.15) is 0 Å². The molecule has 15 heavy (non-hydrogen) atoms.